The fourth-order valence-corrected chi connectivity index (χ4v) is 4.15. The van der Waals surface area contributed by atoms with E-state index in [-0.39, 0.29) is 24.3 Å². The lowest BCUT2D eigenvalue weighted by molar-refractivity contribution is -0.162. The predicted octanol–water partition coefficient (Wildman–Crippen LogP) is 3.93. The predicted molar refractivity (Wildman–Crippen MR) is 110 cm³/mol. The van der Waals surface area contributed by atoms with Gasteiger partial charge in [-0.3, -0.25) is 9.59 Å². The first-order valence-electron chi connectivity index (χ1n) is 10.1. The Kier molecular flexibility index (Phi) is 5.29. The van der Waals surface area contributed by atoms with E-state index < -0.39 is 5.54 Å². The van der Waals surface area contributed by atoms with Crippen molar-refractivity contribution in [1.29, 1.82) is 0 Å². The number of carbonyl (C=O) groups is 2. The number of nitrogens with zero attached hydrogens (tertiary/aromatic N) is 1. The van der Waals surface area contributed by atoms with Crippen molar-refractivity contribution in [3.8, 4) is 0 Å². The molecule has 2 amide bonds. The van der Waals surface area contributed by atoms with Gasteiger partial charge in [-0.2, -0.15) is 0 Å². The van der Waals surface area contributed by atoms with Gasteiger partial charge in [0.1, 0.15) is 5.54 Å². The highest BCUT2D eigenvalue weighted by Gasteiger charge is 2.54. The van der Waals surface area contributed by atoms with Crippen LogP contribution in [0.4, 0.5) is 0 Å². The topological polar surface area (TPSA) is 49.4 Å². The number of hydrogen-bond acceptors (Lipinski definition) is 2. The minimum atomic E-state index is -0.911. The number of rotatable bonds is 6. The molecule has 144 valence electrons. The zero-order valence-electron chi connectivity index (χ0n) is 16.0. The molecule has 1 saturated carbocycles. The molecule has 1 saturated heterocycles. The highest BCUT2D eigenvalue weighted by Crippen LogP contribution is 2.36. The molecule has 4 nitrogen and oxygen atoms in total. The molecule has 1 aliphatic heterocycles. The van der Waals surface area contributed by atoms with Gasteiger partial charge >= 0.3 is 0 Å². The van der Waals surface area contributed by atoms with Crippen LogP contribution >= 0.6 is 0 Å². The summed E-state index contributed by atoms with van der Waals surface area (Å²) in [6.45, 7) is 0.441. The summed E-state index contributed by atoms with van der Waals surface area (Å²) < 4.78 is 0. The molecule has 2 aromatic carbocycles. The summed E-state index contributed by atoms with van der Waals surface area (Å²) >= 11 is 0. The van der Waals surface area contributed by atoms with Crippen molar-refractivity contribution in [2.24, 2.45) is 0 Å². The molecule has 0 spiro atoms. The molecular weight excluding hydrogens is 348 g/mol. The first kappa shape index (κ1) is 18.5. The van der Waals surface area contributed by atoms with E-state index >= 15 is 0 Å². The first-order chi connectivity index (χ1) is 13.7. The number of β-lactam (4-membered cyclic amide) rings is 1. The maximum Gasteiger partial charge on any atom is 0.250 e. The van der Waals surface area contributed by atoms with Crippen LogP contribution in [-0.4, -0.2) is 28.3 Å². The van der Waals surface area contributed by atoms with Crippen molar-refractivity contribution >= 4 is 17.9 Å². The van der Waals surface area contributed by atoms with Gasteiger partial charge in [-0.15, -0.1) is 0 Å². The highest BCUT2D eigenvalue weighted by molar-refractivity contribution is 6.03. The van der Waals surface area contributed by atoms with E-state index in [4.69, 9.17) is 0 Å². The van der Waals surface area contributed by atoms with Crippen molar-refractivity contribution < 1.29 is 9.59 Å². The fourth-order valence-electron chi connectivity index (χ4n) is 4.15. The largest absolute Gasteiger partial charge is 0.351 e. The molecule has 1 atom stereocenters. The molecule has 2 fully saturated rings. The minimum Gasteiger partial charge on any atom is -0.351 e. The van der Waals surface area contributed by atoms with Crippen molar-refractivity contribution in [3.05, 3.63) is 77.9 Å². The van der Waals surface area contributed by atoms with Crippen LogP contribution < -0.4 is 5.32 Å². The highest BCUT2D eigenvalue weighted by atomic mass is 16.2. The molecule has 0 radical (unpaired) electrons. The smallest absolute Gasteiger partial charge is 0.250 e. The third-order valence-corrected chi connectivity index (χ3v) is 5.82. The second-order valence-electron chi connectivity index (χ2n) is 7.77. The fraction of sp³-hybridized carbons (Fsp3) is 0.333. The van der Waals surface area contributed by atoms with E-state index in [2.05, 4.69) is 5.32 Å². The van der Waals surface area contributed by atoms with E-state index in [1.54, 1.807) is 4.90 Å². The maximum atomic E-state index is 13.3. The molecule has 2 aliphatic rings. The van der Waals surface area contributed by atoms with Crippen LogP contribution in [0.2, 0.25) is 0 Å². The molecule has 0 unspecified atom stereocenters. The minimum absolute atomic E-state index is 0.0168. The summed E-state index contributed by atoms with van der Waals surface area (Å²) in [6, 6.07) is 20.0. The molecule has 2 aromatic rings. The lowest BCUT2D eigenvalue weighted by Gasteiger charge is -2.49. The molecule has 0 aromatic heterocycles. The van der Waals surface area contributed by atoms with Crippen molar-refractivity contribution in [3.63, 3.8) is 0 Å². The summed E-state index contributed by atoms with van der Waals surface area (Å²) in [5, 5.41) is 3.21. The number of amides is 2. The van der Waals surface area contributed by atoms with Gasteiger partial charge in [0.2, 0.25) is 5.91 Å². The van der Waals surface area contributed by atoms with Gasteiger partial charge in [-0.25, -0.2) is 0 Å². The second kappa shape index (κ2) is 8.01. The summed E-state index contributed by atoms with van der Waals surface area (Å²) in [5.74, 6) is -0.0368. The van der Waals surface area contributed by atoms with Crippen LogP contribution in [0.5, 0.6) is 0 Å². The van der Waals surface area contributed by atoms with E-state index in [1.165, 1.54) is 0 Å². The standard InChI is InChI=1S/C24H26N2O2/c27-22-17-24(16-15-19-9-3-1-4-10-19,23(28)25-21-13-7-8-14-21)26(22)18-20-11-5-2-6-12-20/h1-6,9-12,15-16,21H,7-8,13-14,17-18H2,(H,25,28)/b16-15+/t24-/m1/s1. The quantitative estimate of drug-likeness (QED) is 0.779. The van der Waals surface area contributed by atoms with Gasteiger partial charge in [0, 0.05) is 12.6 Å². The summed E-state index contributed by atoms with van der Waals surface area (Å²) in [6.07, 6.45) is 8.46. The SMILES string of the molecule is O=C1C[C@](/C=C/c2ccccc2)(C(=O)NC2CCCC2)N1Cc1ccccc1. The molecule has 0 bridgehead atoms. The average Bonchev–Trinajstić information content (AvgIpc) is 3.23. The summed E-state index contributed by atoms with van der Waals surface area (Å²) in [7, 11) is 0. The van der Waals surface area contributed by atoms with Crippen LogP contribution in [-0.2, 0) is 16.1 Å². The van der Waals surface area contributed by atoms with Crippen molar-refractivity contribution in [2.75, 3.05) is 0 Å². The first-order valence-corrected chi connectivity index (χ1v) is 10.1. The third kappa shape index (κ3) is 3.72. The number of hydrogen-bond donors (Lipinski definition) is 1. The average molecular weight is 374 g/mol. The molecule has 1 aliphatic carbocycles. The normalized spacial score (nSPS) is 22.4. The molecular formula is C24H26N2O2. The van der Waals surface area contributed by atoms with Gasteiger partial charge in [0.05, 0.1) is 6.42 Å². The van der Waals surface area contributed by atoms with Crippen LogP contribution in [0.15, 0.2) is 66.7 Å². The summed E-state index contributed by atoms with van der Waals surface area (Å²) in [4.78, 5) is 27.5. The maximum absolute atomic E-state index is 13.3. The van der Waals surface area contributed by atoms with Crippen LogP contribution in [0, 0.1) is 0 Å². The summed E-state index contributed by atoms with van der Waals surface area (Å²) in [5.41, 5.74) is 1.14. The second-order valence-corrected chi connectivity index (χ2v) is 7.77. The van der Waals surface area contributed by atoms with Gasteiger partial charge in [-0.1, -0.05) is 79.6 Å². The monoisotopic (exact) mass is 374 g/mol. The number of likely N-dealkylation sites (tertiary alicyclic amines) is 1. The Balaban J connectivity index is 1.61. The zero-order chi connectivity index (χ0) is 19.4. The molecule has 4 rings (SSSR count). The van der Waals surface area contributed by atoms with Crippen LogP contribution in [0.1, 0.15) is 43.2 Å². The molecule has 1 N–H and O–H groups in total. The van der Waals surface area contributed by atoms with Gasteiger partial charge in [-0.05, 0) is 30.0 Å². The van der Waals surface area contributed by atoms with Crippen molar-refractivity contribution in [2.45, 2.75) is 50.2 Å². The van der Waals surface area contributed by atoms with Gasteiger partial charge in [0.15, 0.2) is 0 Å². The lowest BCUT2D eigenvalue weighted by Crippen LogP contribution is -2.69. The van der Waals surface area contributed by atoms with Crippen molar-refractivity contribution in [1.82, 2.24) is 10.2 Å². The Morgan fingerprint density at radius 2 is 1.68 bits per heavy atom. The van der Waals surface area contributed by atoms with Gasteiger partial charge < -0.3 is 10.2 Å². The molecule has 4 heteroatoms. The Labute approximate surface area is 166 Å². The molecule has 28 heavy (non-hydrogen) atoms. The number of benzene rings is 2. The number of carbonyl (C=O) groups excluding carboxylic acids is 2. The van der Waals surface area contributed by atoms with Gasteiger partial charge in [0.25, 0.3) is 5.91 Å². The lowest BCUT2D eigenvalue weighted by atomic mass is 9.81. The van der Waals surface area contributed by atoms with Crippen LogP contribution in [0.25, 0.3) is 6.08 Å². The third-order valence-electron chi connectivity index (χ3n) is 5.82. The Hall–Kier alpha value is -2.88. The Bertz CT molecular complexity index is 857. The zero-order valence-corrected chi connectivity index (χ0v) is 16.0. The van der Waals surface area contributed by atoms with Crippen LogP contribution in [0.3, 0.4) is 0 Å². The van der Waals surface area contributed by atoms with E-state index in [9.17, 15) is 9.59 Å². The van der Waals surface area contributed by atoms with E-state index in [0.717, 1.165) is 36.8 Å². The Morgan fingerprint density at radius 1 is 1.04 bits per heavy atom. The van der Waals surface area contributed by atoms with E-state index in [0.29, 0.717) is 6.54 Å². The Morgan fingerprint density at radius 3 is 2.32 bits per heavy atom. The number of nitrogens with one attached hydrogen (secondary N) is 1. The molecule has 1 heterocycles. The van der Waals surface area contributed by atoms with E-state index in [1.807, 2.05) is 72.8 Å².